The van der Waals surface area contributed by atoms with Crippen molar-refractivity contribution in [3.05, 3.63) is 124 Å². The maximum Gasteiger partial charge on any atom is 0.271 e. The molecule has 5 aromatic rings. The van der Waals surface area contributed by atoms with Gasteiger partial charge in [-0.1, -0.05) is 29.5 Å². The molecule has 0 saturated carbocycles. The molecule has 0 fully saturated rings. The molecule has 1 amide bonds. The Labute approximate surface area is 291 Å². The summed E-state index contributed by atoms with van der Waals surface area (Å²) < 4.78 is 15.5. The molecular formula is C38H35N5O4S2. The summed E-state index contributed by atoms with van der Waals surface area (Å²) in [6, 6.07) is 18.3. The van der Waals surface area contributed by atoms with Crippen LogP contribution >= 0.6 is 22.7 Å². The number of nitrogens with zero attached hydrogens (tertiary/aromatic N) is 4. The minimum atomic E-state index is -0.814. The van der Waals surface area contributed by atoms with E-state index in [-0.39, 0.29) is 11.5 Å². The molecule has 248 valence electrons. The molecule has 7 rings (SSSR count). The number of para-hydroxylation sites is 1. The third-order valence-corrected chi connectivity index (χ3v) is 11.5. The van der Waals surface area contributed by atoms with E-state index in [1.54, 1.807) is 49.2 Å². The van der Waals surface area contributed by atoms with Gasteiger partial charge in [0, 0.05) is 33.6 Å². The van der Waals surface area contributed by atoms with Crippen LogP contribution in [-0.2, 0) is 17.6 Å². The zero-order chi connectivity index (χ0) is 34.4. The second-order valence-corrected chi connectivity index (χ2v) is 14.3. The van der Waals surface area contributed by atoms with Crippen molar-refractivity contribution >= 4 is 40.3 Å². The number of hydrogen-bond donors (Lipinski definition) is 1. The number of thiophene rings is 1. The zero-order valence-corrected chi connectivity index (χ0v) is 29.6. The second kappa shape index (κ2) is 13.0. The van der Waals surface area contributed by atoms with Crippen molar-refractivity contribution in [1.29, 1.82) is 5.26 Å². The molecule has 1 N–H and O–H groups in total. The number of amides is 1. The topological polar surface area (TPSA) is 111 Å². The van der Waals surface area contributed by atoms with Crippen molar-refractivity contribution in [3.63, 3.8) is 0 Å². The summed E-state index contributed by atoms with van der Waals surface area (Å²) in [5.74, 6) is 0.708. The van der Waals surface area contributed by atoms with Crippen LogP contribution in [0.25, 0.3) is 11.1 Å². The molecule has 1 aliphatic carbocycles. The van der Waals surface area contributed by atoms with Crippen molar-refractivity contribution < 1.29 is 14.3 Å². The van der Waals surface area contributed by atoms with Gasteiger partial charge in [-0.15, -0.1) is 11.3 Å². The minimum Gasteiger partial charge on any atom is -0.497 e. The number of fused-ring (bicyclic) bond motifs is 2. The number of allylic oxidation sites excluding steroid dienone is 1. The molecule has 0 radical (unpaired) electrons. The number of nitriles is 1. The number of thiazole rings is 1. The number of carbonyl (C=O) groups excluding carboxylic acids is 1. The summed E-state index contributed by atoms with van der Waals surface area (Å²) in [5.41, 5.74) is 6.62. The summed E-state index contributed by atoms with van der Waals surface area (Å²) in [6.45, 7) is 5.85. The fourth-order valence-corrected chi connectivity index (χ4v) is 9.37. The summed E-state index contributed by atoms with van der Waals surface area (Å²) in [5, 5.41) is 14.1. The number of carbonyl (C=O) groups is 1. The molecular weight excluding hydrogens is 655 g/mol. The van der Waals surface area contributed by atoms with Gasteiger partial charge in [0.2, 0.25) is 0 Å². The average molecular weight is 690 g/mol. The maximum absolute atomic E-state index is 14.5. The highest BCUT2D eigenvalue weighted by atomic mass is 32.1. The number of hydrogen-bond acceptors (Lipinski definition) is 8. The molecule has 3 aromatic heterocycles. The number of nitrogens with one attached hydrogen (secondary N) is 1. The normalized spacial score (nSPS) is 15.7. The summed E-state index contributed by atoms with van der Waals surface area (Å²) in [7, 11) is 3.13. The fourth-order valence-electron chi connectivity index (χ4n) is 6.88. The molecule has 11 heteroatoms. The Morgan fingerprint density at radius 1 is 1.04 bits per heavy atom. The van der Waals surface area contributed by atoms with Crippen molar-refractivity contribution in [3.8, 4) is 22.6 Å². The van der Waals surface area contributed by atoms with Crippen LogP contribution in [-0.4, -0.2) is 29.3 Å². The van der Waals surface area contributed by atoms with Gasteiger partial charge in [0.25, 0.3) is 11.5 Å². The molecule has 1 atom stereocenters. The third-order valence-electron chi connectivity index (χ3n) is 9.26. The van der Waals surface area contributed by atoms with Gasteiger partial charge in [-0.2, -0.15) is 5.26 Å². The van der Waals surface area contributed by atoms with Crippen molar-refractivity contribution in [1.82, 2.24) is 9.13 Å². The molecule has 1 aliphatic heterocycles. The van der Waals surface area contributed by atoms with Gasteiger partial charge in [-0.3, -0.25) is 14.2 Å². The maximum atomic E-state index is 14.5. The Morgan fingerprint density at radius 2 is 1.82 bits per heavy atom. The van der Waals surface area contributed by atoms with E-state index in [9.17, 15) is 14.9 Å². The second-order valence-electron chi connectivity index (χ2n) is 12.2. The summed E-state index contributed by atoms with van der Waals surface area (Å²) in [6.07, 6.45) is 6.09. The first-order chi connectivity index (χ1) is 23.7. The molecule has 49 heavy (non-hydrogen) atoms. The Balaban J connectivity index is 1.38. The van der Waals surface area contributed by atoms with E-state index < -0.39 is 6.04 Å². The molecule has 0 saturated heterocycles. The predicted octanol–water partition coefficient (Wildman–Crippen LogP) is 6.11. The number of rotatable bonds is 7. The summed E-state index contributed by atoms with van der Waals surface area (Å²) in [4.78, 5) is 35.1. The minimum absolute atomic E-state index is 0.266. The van der Waals surface area contributed by atoms with Gasteiger partial charge in [-0.25, -0.2) is 4.99 Å². The van der Waals surface area contributed by atoms with E-state index in [1.807, 2.05) is 56.3 Å². The first-order valence-electron chi connectivity index (χ1n) is 16.1. The highest BCUT2D eigenvalue weighted by Crippen LogP contribution is 2.39. The number of aryl methyl sites for hydroxylation is 2. The molecule has 2 aliphatic rings. The van der Waals surface area contributed by atoms with Crippen LogP contribution in [0.3, 0.4) is 0 Å². The number of methoxy groups -OCH3 is 2. The van der Waals surface area contributed by atoms with Crippen molar-refractivity contribution in [2.24, 2.45) is 4.99 Å². The van der Waals surface area contributed by atoms with Crippen LogP contribution in [0.4, 0.5) is 5.69 Å². The monoisotopic (exact) mass is 689 g/mol. The van der Waals surface area contributed by atoms with Crippen LogP contribution in [0.1, 0.15) is 64.3 Å². The van der Waals surface area contributed by atoms with Crippen molar-refractivity contribution in [2.75, 3.05) is 19.5 Å². The molecule has 0 bridgehead atoms. The van der Waals surface area contributed by atoms with Gasteiger partial charge >= 0.3 is 0 Å². The highest BCUT2D eigenvalue weighted by Gasteiger charge is 2.34. The van der Waals surface area contributed by atoms with Gasteiger partial charge in [-0.05, 0) is 94.0 Å². The lowest BCUT2D eigenvalue weighted by Crippen LogP contribution is -2.40. The fraction of sp³-hybridized carbons (Fsp3) is 0.263. The standard InChI is InChI=1S/C38H35N5O4S2/c1-21-17-24(23(3)42(21)37-29(20-39)27-13-9-10-14-31(27)48-37)18-32-36(45)43-34(28-16-15-26(46-4)19-30(28)47-5)33(22(2)40-38(43)49-32)35(44)41-25-11-7-6-8-12-25/h6-8,11-12,15-19,34H,9-10,13-14H2,1-5H3,(H,41,44)/t34-/m0/s1. The van der Waals surface area contributed by atoms with E-state index in [0.717, 1.165) is 53.2 Å². The third kappa shape index (κ3) is 5.61. The number of aromatic nitrogens is 2. The van der Waals surface area contributed by atoms with Crippen LogP contribution in [0.2, 0.25) is 0 Å². The van der Waals surface area contributed by atoms with E-state index in [0.29, 0.717) is 43.4 Å². The first-order valence-corrected chi connectivity index (χ1v) is 17.7. The van der Waals surface area contributed by atoms with E-state index in [1.165, 1.54) is 21.8 Å². The van der Waals surface area contributed by atoms with Crippen LogP contribution in [0.5, 0.6) is 11.5 Å². The Bertz CT molecular complexity index is 2390. The lowest BCUT2D eigenvalue weighted by molar-refractivity contribution is -0.113. The van der Waals surface area contributed by atoms with Crippen LogP contribution in [0.15, 0.2) is 75.7 Å². The number of benzene rings is 2. The first kappa shape index (κ1) is 32.4. The van der Waals surface area contributed by atoms with E-state index in [2.05, 4.69) is 22.0 Å². The van der Waals surface area contributed by atoms with Gasteiger partial charge in [0.05, 0.1) is 35.6 Å². The van der Waals surface area contributed by atoms with Gasteiger partial charge in [0.15, 0.2) is 4.80 Å². The Morgan fingerprint density at radius 3 is 2.55 bits per heavy atom. The average Bonchev–Trinajstić information content (AvgIpc) is 3.72. The van der Waals surface area contributed by atoms with E-state index >= 15 is 0 Å². The molecule has 2 aromatic carbocycles. The Hall–Kier alpha value is -5.18. The number of anilines is 1. The van der Waals surface area contributed by atoms with Crippen LogP contribution in [0, 0.1) is 25.2 Å². The lowest BCUT2D eigenvalue weighted by Gasteiger charge is -2.26. The summed E-state index contributed by atoms with van der Waals surface area (Å²) >= 11 is 2.99. The predicted molar refractivity (Wildman–Crippen MR) is 193 cm³/mol. The van der Waals surface area contributed by atoms with Crippen LogP contribution < -0.4 is 29.7 Å². The smallest absolute Gasteiger partial charge is 0.271 e. The molecule has 9 nitrogen and oxygen atoms in total. The van der Waals surface area contributed by atoms with E-state index in [4.69, 9.17) is 14.5 Å². The van der Waals surface area contributed by atoms with Gasteiger partial charge < -0.3 is 19.4 Å². The van der Waals surface area contributed by atoms with Crippen molar-refractivity contribution in [2.45, 2.75) is 52.5 Å². The number of ether oxygens (including phenoxy) is 2. The Kier molecular flexibility index (Phi) is 8.61. The van der Waals surface area contributed by atoms with Gasteiger partial charge in [0.1, 0.15) is 28.6 Å². The molecule has 0 unspecified atom stereocenters. The quantitative estimate of drug-likeness (QED) is 0.222. The zero-order valence-electron chi connectivity index (χ0n) is 27.9. The lowest BCUT2D eigenvalue weighted by atomic mass is 9.94. The molecule has 4 heterocycles. The largest absolute Gasteiger partial charge is 0.497 e. The molecule has 0 spiro atoms. The highest BCUT2D eigenvalue weighted by molar-refractivity contribution is 7.15. The SMILES string of the molecule is COc1ccc([C@H]2C(C(=O)Nc3ccccc3)=C(C)N=c3sc(=Cc4cc(C)n(-c5sc6c(c5C#N)CCCC6)c4C)c(=O)n32)c(OC)c1.